The third-order valence-corrected chi connectivity index (χ3v) is 3.46. The van der Waals surface area contributed by atoms with Crippen LogP contribution < -0.4 is 5.32 Å². The van der Waals surface area contributed by atoms with E-state index < -0.39 is 23.4 Å². The van der Waals surface area contributed by atoms with E-state index in [1.54, 1.807) is 0 Å². The summed E-state index contributed by atoms with van der Waals surface area (Å²) in [5.41, 5.74) is -0.130. The monoisotopic (exact) mass is 266 g/mol. The molecule has 1 aliphatic carbocycles. The van der Waals surface area contributed by atoms with Gasteiger partial charge < -0.3 is 10.4 Å². The van der Waals surface area contributed by atoms with Crippen molar-refractivity contribution >= 4 is 11.9 Å². The first kappa shape index (κ1) is 13.5. The maximum Gasteiger partial charge on any atom is 0.305 e. The molecule has 1 aromatic rings. The zero-order valence-corrected chi connectivity index (χ0v) is 10.6. The number of hydrogen-bond donors (Lipinski definition) is 2. The van der Waals surface area contributed by atoms with Crippen LogP contribution in [0.5, 0.6) is 0 Å². The fourth-order valence-electron chi connectivity index (χ4n) is 2.23. The molecule has 1 aliphatic rings. The summed E-state index contributed by atoms with van der Waals surface area (Å²) in [6.07, 6.45) is 3.27. The van der Waals surface area contributed by atoms with Gasteiger partial charge >= 0.3 is 5.97 Å². The average molecular weight is 266 g/mol. The van der Waals surface area contributed by atoms with Crippen molar-refractivity contribution in [2.24, 2.45) is 0 Å². The Bertz CT molecular complexity index is 527. The molecule has 0 saturated heterocycles. The lowest BCUT2D eigenvalue weighted by Gasteiger charge is -2.41. The predicted octanol–water partition coefficient (Wildman–Crippen LogP) is 1.66. The minimum atomic E-state index is -0.937. The largest absolute Gasteiger partial charge is 0.481 e. The van der Waals surface area contributed by atoms with Gasteiger partial charge in [0.2, 0.25) is 5.95 Å². The normalized spacial score (nSPS) is 16.5. The minimum absolute atomic E-state index is 0.0909. The predicted molar refractivity (Wildman–Crippen MR) is 65.2 cm³/mol. The van der Waals surface area contributed by atoms with Crippen molar-refractivity contribution in [2.45, 2.75) is 38.1 Å². The van der Waals surface area contributed by atoms with Gasteiger partial charge in [-0.05, 0) is 32.3 Å². The summed E-state index contributed by atoms with van der Waals surface area (Å²) in [4.78, 5) is 26.3. The van der Waals surface area contributed by atoms with Gasteiger partial charge in [-0.25, -0.2) is 4.98 Å². The molecule has 2 rings (SSSR count). The van der Waals surface area contributed by atoms with E-state index in [-0.39, 0.29) is 17.5 Å². The number of carboxylic acid groups (broad SMARTS) is 1. The highest BCUT2D eigenvalue weighted by atomic mass is 19.1. The highest BCUT2D eigenvalue weighted by molar-refractivity contribution is 5.95. The van der Waals surface area contributed by atoms with Gasteiger partial charge in [0.25, 0.3) is 5.91 Å². The highest BCUT2D eigenvalue weighted by Gasteiger charge is 2.40. The molecular weight excluding hydrogens is 251 g/mol. The Morgan fingerprint density at radius 3 is 2.68 bits per heavy atom. The summed E-state index contributed by atoms with van der Waals surface area (Å²) < 4.78 is 13.0. The molecule has 1 amide bonds. The fraction of sp³-hybridized carbons (Fsp3) is 0.462. The third-order valence-electron chi connectivity index (χ3n) is 3.46. The van der Waals surface area contributed by atoms with E-state index in [2.05, 4.69) is 10.3 Å². The van der Waals surface area contributed by atoms with Gasteiger partial charge in [-0.15, -0.1) is 0 Å². The van der Waals surface area contributed by atoms with Crippen molar-refractivity contribution in [3.63, 3.8) is 0 Å². The topological polar surface area (TPSA) is 79.3 Å². The molecule has 0 spiro atoms. The van der Waals surface area contributed by atoms with E-state index in [4.69, 9.17) is 5.11 Å². The Balaban J connectivity index is 2.11. The number of aliphatic carboxylic acids is 1. The summed E-state index contributed by atoms with van der Waals surface area (Å²) in [5.74, 6) is -1.95. The van der Waals surface area contributed by atoms with Crippen LogP contribution in [0.3, 0.4) is 0 Å². The molecular formula is C13H15FN2O3. The van der Waals surface area contributed by atoms with Crippen molar-refractivity contribution in [1.82, 2.24) is 10.3 Å². The lowest BCUT2D eigenvalue weighted by molar-refractivity contribution is -0.139. The number of carbonyl (C=O) groups excluding carboxylic acids is 1. The molecule has 6 heteroatoms. The van der Waals surface area contributed by atoms with E-state index in [1.807, 2.05) is 0 Å². The highest BCUT2D eigenvalue weighted by Crippen LogP contribution is 2.35. The number of aryl methyl sites for hydroxylation is 1. The van der Waals surface area contributed by atoms with Crippen LogP contribution in [-0.4, -0.2) is 27.5 Å². The van der Waals surface area contributed by atoms with Gasteiger partial charge in [0.15, 0.2) is 0 Å². The number of nitrogens with one attached hydrogen (secondary N) is 1. The molecule has 5 nitrogen and oxygen atoms in total. The van der Waals surface area contributed by atoms with Crippen LogP contribution >= 0.6 is 0 Å². The van der Waals surface area contributed by atoms with Gasteiger partial charge in [-0.2, -0.15) is 4.39 Å². The second-order valence-electron chi connectivity index (χ2n) is 4.99. The second kappa shape index (κ2) is 4.95. The standard InChI is InChI=1S/C13H15FN2O3/c1-8-5-9(7-15-11(8)14)12(19)16-13(3-2-4-13)6-10(17)18/h5,7H,2-4,6H2,1H3,(H,16,19)(H,17,18). The maximum absolute atomic E-state index is 13.0. The first-order valence-electron chi connectivity index (χ1n) is 6.08. The third kappa shape index (κ3) is 2.89. The van der Waals surface area contributed by atoms with Crippen LogP contribution in [0.4, 0.5) is 4.39 Å². The SMILES string of the molecule is Cc1cc(C(=O)NC2(CC(=O)O)CCC2)cnc1F. The van der Waals surface area contributed by atoms with Crippen LogP contribution in [-0.2, 0) is 4.79 Å². The van der Waals surface area contributed by atoms with Crippen LogP contribution in [0.25, 0.3) is 0 Å². The first-order chi connectivity index (χ1) is 8.92. The van der Waals surface area contributed by atoms with Crippen LogP contribution in [0, 0.1) is 12.9 Å². The number of aromatic nitrogens is 1. The zero-order chi connectivity index (χ0) is 14.0. The number of pyridine rings is 1. The van der Waals surface area contributed by atoms with Gasteiger partial charge in [0.1, 0.15) is 0 Å². The summed E-state index contributed by atoms with van der Waals surface area (Å²) in [6, 6.07) is 1.41. The summed E-state index contributed by atoms with van der Waals surface area (Å²) in [7, 11) is 0. The van der Waals surface area contributed by atoms with Crippen molar-refractivity contribution in [3.05, 3.63) is 29.3 Å². The molecule has 1 saturated carbocycles. The molecule has 2 N–H and O–H groups in total. The summed E-state index contributed by atoms with van der Waals surface area (Å²) in [6.45, 7) is 1.52. The number of rotatable bonds is 4. The maximum atomic E-state index is 13.0. The van der Waals surface area contributed by atoms with E-state index in [0.717, 1.165) is 12.6 Å². The Labute approximate surface area is 109 Å². The molecule has 0 radical (unpaired) electrons. The van der Waals surface area contributed by atoms with E-state index in [0.29, 0.717) is 12.8 Å². The molecule has 19 heavy (non-hydrogen) atoms. The van der Waals surface area contributed by atoms with Gasteiger partial charge in [0.05, 0.1) is 17.5 Å². The Hall–Kier alpha value is -1.98. The number of nitrogens with zero attached hydrogens (tertiary/aromatic N) is 1. The molecule has 0 aliphatic heterocycles. The number of carboxylic acids is 1. The van der Waals surface area contributed by atoms with Crippen molar-refractivity contribution in [1.29, 1.82) is 0 Å². The van der Waals surface area contributed by atoms with Gasteiger partial charge in [-0.3, -0.25) is 9.59 Å². The second-order valence-corrected chi connectivity index (χ2v) is 4.99. The van der Waals surface area contributed by atoms with Gasteiger partial charge in [0, 0.05) is 11.8 Å². The molecule has 1 heterocycles. The van der Waals surface area contributed by atoms with Crippen LogP contribution in [0.15, 0.2) is 12.3 Å². The van der Waals surface area contributed by atoms with Crippen molar-refractivity contribution in [3.8, 4) is 0 Å². The zero-order valence-electron chi connectivity index (χ0n) is 10.6. The lowest BCUT2D eigenvalue weighted by atomic mass is 9.74. The van der Waals surface area contributed by atoms with E-state index >= 15 is 0 Å². The Kier molecular flexibility index (Phi) is 3.50. The van der Waals surface area contributed by atoms with E-state index in [1.165, 1.54) is 13.0 Å². The molecule has 1 aromatic heterocycles. The minimum Gasteiger partial charge on any atom is -0.481 e. The number of amides is 1. The molecule has 0 bridgehead atoms. The van der Waals surface area contributed by atoms with Crippen LogP contribution in [0.2, 0.25) is 0 Å². The lowest BCUT2D eigenvalue weighted by Crippen LogP contribution is -2.54. The summed E-state index contributed by atoms with van der Waals surface area (Å²) >= 11 is 0. The molecule has 1 fully saturated rings. The molecule has 0 aromatic carbocycles. The number of carbonyl (C=O) groups is 2. The number of hydrogen-bond acceptors (Lipinski definition) is 3. The fourth-order valence-corrected chi connectivity index (χ4v) is 2.23. The van der Waals surface area contributed by atoms with E-state index in [9.17, 15) is 14.0 Å². The Morgan fingerprint density at radius 1 is 1.53 bits per heavy atom. The molecule has 102 valence electrons. The summed E-state index contributed by atoms with van der Waals surface area (Å²) in [5, 5.41) is 11.6. The first-order valence-corrected chi connectivity index (χ1v) is 6.08. The van der Waals surface area contributed by atoms with Gasteiger partial charge in [-0.1, -0.05) is 0 Å². The average Bonchev–Trinajstić information content (AvgIpc) is 2.29. The van der Waals surface area contributed by atoms with Crippen molar-refractivity contribution in [2.75, 3.05) is 0 Å². The molecule has 0 atom stereocenters. The smallest absolute Gasteiger partial charge is 0.305 e. The molecule has 0 unspecified atom stereocenters. The number of halogens is 1. The van der Waals surface area contributed by atoms with Crippen LogP contribution in [0.1, 0.15) is 41.6 Å². The van der Waals surface area contributed by atoms with Crippen molar-refractivity contribution < 1.29 is 19.1 Å². The quantitative estimate of drug-likeness (QED) is 0.812. The Morgan fingerprint density at radius 2 is 2.21 bits per heavy atom.